The third-order valence-corrected chi connectivity index (χ3v) is 5.48. The fraction of sp³-hybridized carbons (Fsp3) is 0.583. The van der Waals surface area contributed by atoms with Crippen LogP contribution in [-0.2, 0) is 0 Å². The molecule has 1 saturated carbocycles. The number of aliphatic hydroxyl groups excluding tert-OH is 1. The summed E-state index contributed by atoms with van der Waals surface area (Å²) in [6.07, 6.45) is 7.21. The average Bonchev–Trinajstić information content (AvgIpc) is 2.79. The predicted octanol–water partition coefficient (Wildman–Crippen LogP) is 2.16. The van der Waals surface area contributed by atoms with Gasteiger partial charge in [0.05, 0.1) is 6.61 Å². The number of thioether (sulfide) groups is 1. The standard InChI is InChI=1S/C12H16N4OS2/c1-18-12-15-10-9(19-12)11(14-7-13-10)16(5-6-17)8-3-2-4-8/h7-8,17H,2-6H2,1H3. The van der Waals surface area contributed by atoms with Crippen LogP contribution in [0.5, 0.6) is 0 Å². The molecule has 1 fully saturated rings. The topological polar surface area (TPSA) is 62.1 Å². The minimum Gasteiger partial charge on any atom is -0.395 e. The fourth-order valence-electron chi connectivity index (χ4n) is 2.28. The summed E-state index contributed by atoms with van der Waals surface area (Å²) in [4.78, 5) is 15.4. The zero-order valence-corrected chi connectivity index (χ0v) is 12.4. The van der Waals surface area contributed by atoms with Gasteiger partial charge in [-0.15, -0.1) is 11.3 Å². The van der Waals surface area contributed by atoms with Crippen LogP contribution in [0.15, 0.2) is 10.7 Å². The highest BCUT2D eigenvalue weighted by Crippen LogP contribution is 2.36. The molecule has 0 atom stereocenters. The Kier molecular flexibility index (Phi) is 3.86. The highest BCUT2D eigenvalue weighted by atomic mass is 32.2. The maximum absolute atomic E-state index is 9.29. The Morgan fingerprint density at radius 2 is 2.32 bits per heavy atom. The van der Waals surface area contributed by atoms with E-state index in [0.29, 0.717) is 12.6 Å². The SMILES string of the molecule is CSc1nc2ncnc(N(CCO)C3CCC3)c2s1. The summed E-state index contributed by atoms with van der Waals surface area (Å²) in [6, 6.07) is 0.505. The van der Waals surface area contributed by atoms with Gasteiger partial charge in [0.15, 0.2) is 15.8 Å². The summed E-state index contributed by atoms with van der Waals surface area (Å²) in [5, 5.41) is 9.29. The van der Waals surface area contributed by atoms with Gasteiger partial charge in [-0.2, -0.15) is 0 Å². The van der Waals surface area contributed by atoms with Crippen molar-refractivity contribution >= 4 is 39.3 Å². The molecule has 0 spiro atoms. The van der Waals surface area contributed by atoms with Crippen molar-refractivity contribution in [1.82, 2.24) is 15.0 Å². The molecule has 0 aromatic carbocycles. The summed E-state index contributed by atoms with van der Waals surface area (Å²) in [6.45, 7) is 0.777. The van der Waals surface area contributed by atoms with Gasteiger partial charge in [0.25, 0.3) is 0 Å². The summed E-state index contributed by atoms with van der Waals surface area (Å²) < 4.78 is 2.04. The molecule has 2 aromatic rings. The van der Waals surface area contributed by atoms with Gasteiger partial charge in [0.1, 0.15) is 11.0 Å². The molecule has 1 aliphatic carbocycles. The molecular formula is C12H16N4OS2. The second-order valence-corrected chi connectivity index (χ2v) is 6.59. The Morgan fingerprint density at radius 1 is 1.47 bits per heavy atom. The number of nitrogens with zero attached hydrogens (tertiary/aromatic N) is 4. The van der Waals surface area contributed by atoms with Crippen LogP contribution in [0, 0.1) is 0 Å². The molecule has 0 saturated heterocycles. The number of hydrogen-bond donors (Lipinski definition) is 1. The minimum absolute atomic E-state index is 0.149. The molecule has 19 heavy (non-hydrogen) atoms. The molecule has 5 nitrogen and oxygen atoms in total. The van der Waals surface area contributed by atoms with E-state index in [4.69, 9.17) is 0 Å². The smallest absolute Gasteiger partial charge is 0.176 e. The zero-order valence-electron chi connectivity index (χ0n) is 10.7. The monoisotopic (exact) mass is 296 g/mol. The maximum atomic E-state index is 9.29. The van der Waals surface area contributed by atoms with Crippen LogP contribution in [0.4, 0.5) is 5.82 Å². The summed E-state index contributed by atoms with van der Waals surface area (Å²) in [5.41, 5.74) is 0.765. The molecule has 0 bridgehead atoms. The molecule has 0 unspecified atom stereocenters. The largest absolute Gasteiger partial charge is 0.395 e. The second kappa shape index (κ2) is 5.60. The van der Waals surface area contributed by atoms with E-state index < -0.39 is 0 Å². The quantitative estimate of drug-likeness (QED) is 0.853. The number of hydrogen-bond acceptors (Lipinski definition) is 7. The van der Waals surface area contributed by atoms with Gasteiger partial charge in [0, 0.05) is 12.6 Å². The van der Waals surface area contributed by atoms with Crippen molar-refractivity contribution in [2.45, 2.75) is 29.6 Å². The van der Waals surface area contributed by atoms with Gasteiger partial charge in [0.2, 0.25) is 0 Å². The molecule has 7 heteroatoms. The van der Waals surface area contributed by atoms with Gasteiger partial charge in [-0.05, 0) is 25.5 Å². The van der Waals surface area contributed by atoms with Crippen LogP contribution in [0.1, 0.15) is 19.3 Å². The van der Waals surface area contributed by atoms with E-state index in [1.54, 1.807) is 29.4 Å². The van der Waals surface area contributed by atoms with Crippen LogP contribution in [0.25, 0.3) is 10.3 Å². The number of rotatable bonds is 5. The van der Waals surface area contributed by atoms with Gasteiger partial charge < -0.3 is 10.0 Å². The van der Waals surface area contributed by atoms with Crippen molar-refractivity contribution in [1.29, 1.82) is 0 Å². The highest BCUT2D eigenvalue weighted by molar-refractivity contribution is 8.00. The molecule has 2 aromatic heterocycles. The van der Waals surface area contributed by atoms with Gasteiger partial charge >= 0.3 is 0 Å². The maximum Gasteiger partial charge on any atom is 0.176 e. The van der Waals surface area contributed by atoms with E-state index in [9.17, 15) is 5.11 Å². The summed E-state index contributed by atoms with van der Waals surface area (Å²) in [7, 11) is 0. The van der Waals surface area contributed by atoms with Crippen molar-refractivity contribution in [2.24, 2.45) is 0 Å². The molecule has 3 rings (SSSR count). The number of aromatic nitrogens is 3. The van der Waals surface area contributed by atoms with Crippen molar-refractivity contribution in [3.05, 3.63) is 6.33 Å². The van der Waals surface area contributed by atoms with E-state index in [1.807, 2.05) is 6.26 Å². The number of anilines is 1. The van der Waals surface area contributed by atoms with E-state index in [-0.39, 0.29) is 6.61 Å². The van der Waals surface area contributed by atoms with E-state index in [2.05, 4.69) is 19.9 Å². The lowest BCUT2D eigenvalue weighted by molar-refractivity contribution is 0.283. The first-order valence-corrected chi connectivity index (χ1v) is 8.40. The number of fused-ring (bicyclic) bond motifs is 1. The highest BCUT2D eigenvalue weighted by Gasteiger charge is 2.27. The van der Waals surface area contributed by atoms with Crippen LogP contribution < -0.4 is 4.90 Å². The number of thiazole rings is 1. The minimum atomic E-state index is 0.149. The van der Waals surface area contributed by atoms with Gasteiger partial charge in [-0.25, -0.2) is 15.0 Å². The van der Waals surface area contributed by atoms with Crippen molar-refractivity contribution in [2.75, 3.05) is 24.3 Å². The number of aliphatic hydroxyl groups is 1. The lowest BCUT2D eigenvalue weighted by Gasteiger charge is -2.38. The Labute approximate surface area is 120 Å². The molecule has 1 N–H and O–H groups in total. The van der Waals surface area contributed by atoms with Crippen LogP contribution in [0.2, 0.25) is 0 Å². The predicted molar refractivity (Wildman–Crippen MR) is 79.1 cm³/mol. The normalized spacial score (nSPS) is 15.7. The lowest BCUT2D eigenvalue weighted by atomic mass is 9.91. The lowest BCUT2D eigenvalue weighted by Crippen LogP contribution is -2.42. The van der Waals surface area contributed by atoms with E-state index >= 15 is 0 Å². The van der Waals surface area contributed by atoms with E-state index in [0.717, 1.165) is 20.5 Å². The molecule has 2 heterocycles. The Balaban J connectivity index is 2.03. The molecule has 1 aliphatic rings. The third kappa shape index (κ3) is 2.42. The Bertz CT molecular complexity index is 570. The first kappa shape index (κ1) is 13.1. The molecule has 0 amide bonds. The first-order valence-electron chi connectivity index (χ1n) is 6.36. The van der Waals surface area contributed by atoms with Crippen LogP contribution in [0.3, 0.4) is 0 Å². The van der Waals surface area contributed by atoms with Crippen LogP contribution in [-0.4, -0.2) is 45.5 Å². The summed E-state index contributed by atoms with van der Waals surface area (Å²) >= 11 is 3.26. The average molecular weight is 296 g/mol. The van der Waals surface area contributed by atoms with Crippen molar-refractivity contribution in [3.63, 3.8) is 0 Å². The molecular weight excluding hydrogens is 280 g/mol. The zero-order chi connectivity index (χ0) is 13.2. The van der Waals surface area contributed by atoms with Crippen LogP contribution >= 0.6 is 23.1 Å². The van der Waals surface area contributed by atoms with E-state index in [1.165, 1.54) is 19.3 Å². The Hall–Kier alpha value is -0.920. The molecule has 102 valence electrons. The molecule has 0 aliphatic heterocycles. The summed E-state index contributed by atoms with van der Waals surface area (Å²) in [5.74, 6) is 0.932. The fourth-order valence-corrected chi connectivity index (χ4v) is 3.80. The Morgan fingerprint density at radius 3 is 2.95 bits per heavy atom. The van der Waals surface area contributed by atoms with Crippen molar-refractivity contribution < 1.29 is 5.11 Å². The van der Waals surface area contributed by atoms with Crippen molar-refractivity contribution in [3.8, 4) is 0 Å². The third-order valence-electron chi connectivity index (χ3n) is 3.46. The second-order valence-electron chi connectivity index (χ2n) is 4.54. The molecule has 0 radical (unpaired) electrons. The van der Waals surface area contributed by atoms with Gasteiger partial charge in [-0.1, -0.05) is 11.8 Å². The first-order chi connectivity index (χ1) is 9.33. The van der Waals surface area contributed by atoms with Gasteiger partial charge in [-0.3, -0.25) is 0 Å².